The summed E-state index contributed by atoms with van der Waals surface area (Å²) in [6, 6.07) is 6.44. The van der Waals surface area contributed by atoms with Crippen molar-refractivity contribution in [3.63, 3.8) is 0 Å². The number of nitrogens with one attached hydrogen (secondary N) is 3. The molecule has 0 radical (unpaired) electrons. The second-order valence-electron chi connectivity index (χ2n) is 9.15. The van der Waals surface area contributed by atoms with Crippen molar-refractivity contribution in [3.8, 4) is 0 Å². The second-order valence-corrected chi connectivity index (χ2v) is 10.9. The molecule has 0 saturated heterocycles. The van der Waals surface area contributed by atoms with E-state index in [4.69, 9.17) is 0 Å². The molecule has 2 aliphatic carbocycles. The van der Waals surface area contributed by atoms with E-state index >= 15 is 0 Å². The minimum atomic E-state index is -3.60. The van der Waals surface area contributed by atoms with Crippen LogP contribution in [0.15, 0.2) is 29.2 Å². The highest BCUT2D eigenvalue weighted by molar-refractivity contribution is 7.89. The maximum absolute atomic E-state index is 12.7. The molecule has 0 aliphatic heterocycles. The largest absolute Gasteiger partial charge is 0.353 e. The number of hydrogen-bond donors (Lipinski definition) is 3. The van der Waals surface area contributed by atoms with Gasteiger partial charge in [0.15, 0.2) is 0 Å². The number of carbonyl (C=O) groups excluding carboxylic acids is 2. The summed E-state index contributed by atoms with van der Waals surface area (Å²) in [7, 11) is -3.60. The van der Waals surface area contributed by atoms with Gasteiger partial charge in [0, 0.05) is 31.1 Å². The lowest BCUT2D eigenvalue weighted by molar-refractivity contribution is -0.127. The lowest BCUT2D eigenvalue weighted by atomic mass is 9.80. The highest BCUT2D eigenvalue weighted by Gasteiger charge is 2.30. The van der Waals surface area contributed by atoms with Crippen LogP contribution in [0.4, 0.5) is 5.69 Å². The number of carbonyl (C=O) groups is 2. The van der Waals surface area contributed by atoms with Crippen molar-refractivity contribution in [2.24, 2.45) is 17.8 Å². The van der Waals surface area contributed by atoms with Crippen molar-refractivity contribution >= 4 is 27.5 Å². The molecule has 2 atom stereocenters. The van der Waals surface area contributed by atoms with Crippen molar-refractivity contribution in [3.05, 3.63) is 24.3 Å². The number of benzene rings is 1. The Morgan fingerprint density at radius 2 is 1.61 bits per heavy atom. The van der Waals surface area contributed by atoms with Crippen LogP contribution >= 0.6 is 0 Å². The van der Waals surface area contributed by atoms with Gasteiger partial charge in [-0.1, -0.05) is 19.8 Å². The Hall–Kier alpha value is -1.93. The van der Waals surface area contributed by atoms with Crippen LogP contribution in [0.1, 0.15) is 65.2 Å². The molecule has 2 aliphatic rings. The first-order chi connectivity index (χ1) is 14.7. The summed E-state index contributed by atoms with van der Waals surface area (Å²) in [5, 5.41) is 5.89. The Bertz CT molecular complexity index is 861. The van der Waals surface area contributed by atoms with E-state index in [1.54, 1.807) is 12.1 Å². The summed E-state index contributed by atoms with van der Waals surface area (Å²) in [5.74, 6) is 0.813. The smallest absolute Gasteiger partial charge is 0.240 e. The Labute approximate surface area is 185 Å². The van der Waals surface area contributed by atoms with E-state index in [0.717, 1.165) is 32.1 Å². The molecule has 0 bridgehead atoms. The lowest BCUT2D eigenvalue weighted by Gasteiger charge is -2.33. The van der Waals surface area contributed by atoms with Crippen molar-refractivity contribution < 1.29 is 18.0 Å². The number of sulfonamides is 1. The van der Waals surface area contributed by atoms with E-state index in [1.807, 2.05) is 0 Å². The Balaban J connectivity index is 1.44. The first-order valence-corrected chi connectivity index (χ1v) is 12.9. The van der Waals surface area contributed by atoms with Crippen LogP contribution in [0, 0.1) is 17.8 Å². The van der Waals surface area contributed by atoms with E-state index in [-0.39, 0.29) is 28.5 Å². The van der Waals surface area contributed by atoms with E-state index in [2.05, 4.69) is 22.3 Å². The summed E-state index contributed by atoms with van der Waals surface area (Å²) in [6.07, 6.45) is 8.04. The van der Waals surface area contributed by atoms with Crippen molar-refractivity contribution in [1.29, 1.82) is 0 Å². The van der Waals surface area contributed by atoms with Gasteiger partial charge in [-0.3, -0.25) is 9.59 Å². The molecule has 3 N–H and O–H groups in total. The van der Waals surface area contributed by atoms with Crippen LogP contribution in [-0.2, 0) is 19.6 Å². The fourth-order valence-electron chi connectivity index (χ4n) is 4.69. The van der Waals surface area contributed by atoms with Gasteiger partial charge in [-0.05, 0) is 74.6 Å². The molecule has 0 heterocycles. The lowest BCUT2D eigenvalue weighted by Crippen LogP contribution is -2.44. The van der Waals surface area contributed by atoms with Gasteiger partial charge in [0.2, 0.25) is 21.8 Å². The van der Waals surface area contributed by atoms with Crippen LogP contribution in [0.25, 0.3) is 0 Å². The quantitative estimate of drug-likeness (QED) is 0.593. The Morgan fingerprint density at radius 3 is 2.23 bits per heavy atom. The molecule has 1 aromatic carbocycles. The molecular formula is C23H35N3O4S. The van der Waals surface area contributed by atoms with Crippen molar-refractivity contribution in [2.45, 2.75) is 76.2 Å². The van der Waals surface area contributed by atoms with E-state index in [9.17, 15) is 18.0 Å². The normalized spacial score (nSPS) is 26.8. The minimum absolute atomic E-state index is 0.0447. The summed E-state index contributed by atoms with van der Waals surface area (Å²) in [6.45, 7) is 4.01. The van der Waals surface area contributed by atoms with Gasteiger partial charge in [-0.25, -0.2) is 13.1 Å². The number of amides is 2. The predicted octanol–water partition coefficient (Wildman–Crippen LogP) is 3.42. The maximum Gasteiger partial charge on any atom is 0.240 e. The van der Waals surface area contributed by atoms with Gasteiger partial charge >= 0.3 is 0 Å². The zero-order valence-electron chi connectivity index (χ0n) is 18.5. The maximum atomic E-state index is 12.7. The monoisotopic (exact) mass is 449 g/mol. The third-order valence-electron chi connectivity index (χ3n) is 6.70. The van der Waals surface area contributed by atoms with Gasteiger partial charge in [0.05, 0.1) is 4.90 Å². The number of rotatable bonds is 7. The van der Waals surface area contributed by atoms with Gasteiger partial charge in [-0.2, -0.15) is 0 Å². The van der Waals surface area contributed by atoms with Crippen LogP contribution in [0.2, 0.25) is 0 Å². The van der Waals surface area contributed by atoms with E-state index < -0.39 is 10.0 Å². The molecule has 1 aromatic rings. The van der Waals surface area contributed by atoms with Crippen LogP contribution < -0.4 is 15.4 Å². The molecule has 0 unspecified atom stereocenters. The van der Waals surface area contributed by atoms with Gasteiger partial charge < -0.3 is 10.6 Å². The summed E-state index contributed by atoms with van der Waals surface area (Å²) >= 11 is 0. The van der Waals surface area contributed by atoms with Crippen LogP contribution in [0.3, 0.4) is 0 Å². The van der Waals surface area contributed by atoms with Gasteiger partial charge in [-0.15, -0.1) is 0 Å². The zero-order valence-corrected chi connectivity index (χ0v) is 19.3. The molecule has 2 saturated carbocycles. The molecule has 172 valence electrons. The first kappa shape index (κ1) is 23.7. The van der Waals surface area contributed by atoms with Crippen molar-refractivity contribution in [2.75, 3.05) is 11.9 Å². The van der Waals surface area contributed by atoms with Crippen LogP contribution in [-0.4, -0.2) is 32.8 Å². The third kappa shape index (κ3) is 6.77. The van der Waals surface area contributed by atoms with E-state index in [0.29, 0.717) is 24.2 Å². The SMILES string of the molecule is CC(=O)Nc1ccc(S(=O)(=O)NCC2CCC(C(=O)N[C@H]3CCCC[C@@H]3C)CC2)cc1. The Morgan fingerprint density at radius 1 is 0.968 bits per heavy atom. The third-order valence-corrected chi connectivity index (χ3v) is 8.14. The molecular weight excluding hydrogens is 414 g/mol. The topological polar surface area (TPSA) is 104 Å². The Kier molecular flexibility index (Phi) is 8.11. The number of anilines is 1. The average Bonchev–Trinajstić information content (AvgIpc) is 2.74. The first-order valence-electron chi connectivity index (χ1n) is 11.4. The number of hydrogen-bond acceptors (Lipinski definition) is 4. The molecule has 0 aromatic heterocycles. The van der Waals surface area contributed by atoms with E-state index in [1.165, 1.54) is 38.3 Å². The van der Waals surface area contributed by atoms with Crippen molar-refractivity contribution in [1.82, 2.24) is 10.0 Å². The molecule has 3 rings (SSSR count). The second kappa shape index (κ2) is 10.6. The summed E-state index contributed by atoms with van der Waals surface area (Å²) in [4.78, 5) is 23.9. The summed E-state index contributed by atoms with van der Waals surface area (Å²) < 4.78 is 27.8. The van der Waals surface area contributed by atoms with Gasteiger partial charge in [0.25, 0.3) is 0 Å². The molecule has 7 nitrogen and oxygen atoms in total. The molecule has 2 fully saturated rings. The fraction of sp³-hybridized carbons (Fsp3) is 0.652. The molecule has 8 heteroatoms. The van der Waals surface area contributed by atoms with Crippen LogP contribution in [0.5, 0.6) is 0 Å². The highest BCUT2D eigenvalue weighted by atomic mass is 32.2. The highest BCUT2D eigenvalue weighted by Crippen LogP contribution is 2.30. The fourth-order valence-corrected chi connectivity index (χ4v) is 5.81. The minimum Gasteiger partial charge on any atom is -0.353 e. The zero-order chi connectivity index (χ0) is 22.4. The standard InChI is InChI=1S/C23H35N3O4S/c1-16-5-3-4-6-22(16)26-23(28)19-9-7-18(8-10-19)15-24-31(29,30)21-13-11-20(12-14-21)25-17(2)27/h11-14,16,18-19,22,24H,3-10,15H2,1-2H3,(H,25,27)(H,26,28)/t16-,18?,19?,22-/m0/s1. The average molecular weight is 450 g/mol. The molecule has 0 spiro atoms. The van der Waals surface area contributed by atoms with Gasteiger partial charge in [0.1, 0.15) is 0 Å². The summed E-state index contributed by atoms with van der Waals surface area (Å²) in [5.41, 5.74) is 0.561. The molecule has 31 heavy (non-hydrogen) atoms. The predicted molar refractivity (Wildman–Crippen MR) is 121 cm³/mol. The molecule has 2 amide bonds.